The summed E-state index contributed by atoms with van der Waals surface area (Å²) in [5.74, 6) is 0. The predicted octanol–water partition coefficient (Wildman–Crippen LogP) is 2.76. The molecule has 0 saturated heterocycles. The van der Waals surface area contributed by atoms with Gasteiger partial charge >= 0.3 is 0 Å². The fraction of sp³-hybridized carbons (Fsp3) is 0.300. The monoisotopic (exact) mass is 226 g/mol. The van der Waals surface area contributed by atoms with E-state index < -0.39 is 0 Å². The minimum Gasteiger partial charge on any atom is -0.330 e. The van der Waals surface area contributed by atoms with Crippen LogP contribution >= 0.6 is 22.9 Å². The molecule has 0 atom stereocenters. The van der Waals surface area contributed by atoms with E-state index in [1.165, 1.54) is 0 Å². The van der Waals surface area contributed by atoms with Gasteiger partial charge in [-0.05, 0) is 31.5 Å². The Morgan fingerprint density at radius 1 is 1.50 bits per heavy atom. The highest BCUT2D eigenvalue weighted by atomic mass is 35.5. The maximum atomic E-state index is 6.22. The van der Waals surface area contributed by atoms with Gasteiger partial charge in [-0.15, -0.1) is 11.3 Å². The molecule has 2 rings (SSSR count). The van der Waals surface area contributed by atoms with E-state index in [4.69, 9.17) is 17.3 Å². The Bertz CT molecular complexity index is 464. The molecule has 74 valence electrons. The number of hydrogen-bond acceptors (Lipinski definition) is 3. The van der Waals surface area contributed by atoms with Crippen molar-refractivity contribution < 1.29 is 0 Å². The zero-order valence-corrected chi connectivity index (χ0v) is 9.45. The van der Waals surface area contributed by atoms with Crippen LogP contribution in [0.2, 0.25) is 5.02 Å². The second-order valence-corrected chi connectivity index (χ2v) is 4.77. The highest BCUT2D eigenvalue weighted by molar-refractivity contribution is 7.18. The summed E-state index contributed by atoms with van der Waals surface area (Å²) in [4.78, 5) is 4.40. The molecule has 0 aliphatic heterocycles. The van der Waals surface area contributed by atoms with E-state index in [0.717, 1.165) is 32.2 Å². The zero-order chi connectivity index (χ0) is 10.1. The van der Waals surface area contributed by atoms with E-state index in [1.54, 1.807) is 11.3 Å². The fourth-order valence-electron chi connectivity index (χ4n) is 1.46. The molecule has 1 aromatic carbocycles. The van der Waals surface area contributed by atoms with Crippen LogP contribution in [0.1, 0.15) is 10.6 Å². The van der Waals surface area contributed by atoms with E-state index in [0.29, 0.717) is 6.54 Å². The number of rotatable bonds is 2. The van der Waals surface area contributed by atoms with Crippen molar-refractivity contribution >= 4 is 33.2 Å². The predicted molar refractivity (Wildman–Crippen MR) is 62.1 cm³/mol. The van der Waals surface area contributed by atoms with Crippen molar-refractivity contribution in [3.05, 3.63) is 27.7 Å². The minimum atomic E-state index is 0.619. The summed E-state index contributed by atoms with van der Waals surface area (Å²) < 4.78 is 1.15. The van der Waals surface area contributed by atoms with Crippen LogP contribution in [-0.4, -0.2) is 11.5 Å². The lowest BCUT2D eigenvalue weighted by molar-refractivity contribution is 0.970. The number of thiazole rings is 1. The molecule has 0 fully saturated rings. The van der Waals surface area contributed by atoms with E-state index in [2.05, 4.69) is 11.1 Å². The van der Waals surface area contributed by atoms with Crippen molar-refractivity contribution in [2.45, 2.75) is 13.3 Å². The molecule has 2 N–H and O–H groups in total. The SMILES string of the molecule is Cc1nc2c(Cl)c(CCN)ccc2s1. The van der Waals surface area contributed by atoms with Gasteiger partial charge < -0.3 is 5.73 Å². The molecular formula is C10H11ClN2S. The smallest absolute Gasteiger partial charge is 0.100 e. The van der Waals surface area contributed by atoms with E-state index in [9.17, 15) is 0 Å². The third kappa shape index (κ3) is 1.63. The van der Waals surface area contributed by atoms with Crippen LogP contribution in [0.25, 0.3) is 10.2 Å². The Hall–Kier alpha value is -0.640. The maximum absolute atomic E-state index is 6.22. The molecule has 0 aliphatic rings. The standard InChI is InChI=1S/C10H11ClN2S/c1-6-13-10-8(14-6)3-2-7(4-5-12)9(10)11/h2-3H,4-5,12H2,1H3. The van der Waals surface area contributed by atoms with Crippen molar-refractivity contribution in [3.8, 4) is 0 Å². The van der Waals surface area contributed by atoms with E-state index >= 15 is 0 Å². The van der Waals surface area contributed by atoms with Crippen molar-refractivity contribution in [1.29, 1.82) is 0 Å². The van der Waals surface area contributed by atoms with Gasteiger partial charge in [0, 0.05) is 0 Å². The minimum absolute atomic E-state index is 0.619. The first-order valence-electron chi connectivity index (χ1n) is 4.47. The quantitative estimate of drug-likeness (QED) is 0.855. The molecule has 2 nitrogen and oxygen atoms in total. The third-order valence-corrected chi connectivity index (χ3v) is 3.46. The fourth-order valence-corrected chi connectivity index (χ4v) is 2.66. The second kappa shape index (κ2) is 3.85. The normalized spacial score (nSPS) is 11.1. The van der Waals surface area contributed by atoms with Gasteiger partial charge in [-0.25, -0.2) is 4.98 Å². The van der Waals surface area contributed by atoms with Crippen molar-refractivity contribution in [1.82, 2.24) is 4.98 Å². The number of fused-ring (bicyclic) bond motifs is 1. The number of nitrogens with two attached hydrogens (primary N) is 1. The van der Waals surface area contributed by atoms with Crippen LogP contribution in [0.15, 0.2) is 12.1 Å². The molecule has 0 amide bonds. The van der Waals surface area contributed by atoms with Gasteiger partial charge in [-0.2, -0.15) is 0 Å². The number of halogens is 1. The molecule has 0 bridgehead atoms. The van der Waals surface area contributed by atoms with Gasteiger partial charge in [0.1, 0.15) is 5.52 Å². The number of aromatic nitrogens is 1. The van der Waals surface area contributed by atoms with Crippen LogP contribution in [0.3, 0.4) is 0 Å². The van der Waals surface area contributed by atoms with Gasteiger partial charge in [-0.1, -0.05) is 17.7 Å². The van der Waals surface area contributed by atoms with Crippen LogP contribution < -0.4 is 5.73 Å². The summed E-state index contributed by atoms with van der Waals surface area (Å²) in [6.07, 6.45) is 0.811. The Balaban J connectivity index is 2.61. The lowest BCUT2D eigenvalue weighted by Gasteiger charge is -2.01. The molecule has 0 spiro atoms. The summed E-state index contributed by atoms with van der Waals surface area (Å²) in [6, 6.07) is 4.10. The van der Waals surface area contributed by atoms with Gasteiger partial charge in [0.15, 0.2) is 0 Å². The van der Waals surface area contributed by atoms with Gasteiger partial charge in [0.05, 0.1) is 14.7 Å². The summed E-state index contributed by atoms with van der Waals surface area (Å²) in [7, 11) is 0. The molecule has 1 aromatic heterocycles. The van der Waals surface area contributed by atoms with E-state index in [1.807, 2.05) is 13.0 Å². The summed E-state index contributed by atoms with van der Waals surface area (Å²) >= 11 is 7.89. The average Bonchev–Trinajstić information content (AvgIpc) is 2.52. The Kier molecular flexibility index (Phi) is 2.72. The highest BCUT2D eigenvalue weighted by Crippen LogP contribution is 2.30. The average molecular weight is 227 g/mol. The summed E-state index contributed by atoms with van der Waals surface area (Å²) in [5.41, 5.74) is 7.51. The van der Waals surface area contributed by atoms with Gasteiger partial charge in [-0.3, -0.25) is 0 Å². The lowest BCUT2D eigenvalue weighted by Crippen LogP contribution is -2.03. The first kappa shape index (κ1) is 9.90. The largest absolute Gasteiger partial charge is 0.330 e. The van der Waals surface area contributed by atoms with Crippen LogP contribution in [0, 0.1) is 6.92 Å². The van der Waals surface area contributed by atoms with Crippen LogP contribution in [0.4, 0.5) is 0 Å². The lowest BCUT2D eigenvalue weighted by atomic mass is 10.1. The topological polar surface area (TPSA) is 38.9 Å². The van der Waals surface area contributed by atoms with E-state index in [-0.39, 0.29) is 0 Å². The Morgan fingerprint density at radius 3 is 3.00 bits per heavy atom. The molecule has 2 aromatic rings. The molecular weight excluding hydrogens is 216 g/mol. The van der Waals surface area contributed by atoms with Crippen molar-refractivity contribution in [3.63, 3.8) is 0 Å². The number of hydrogen-bond donors (Lipinski definition) is 1. The zero-order valence-electron chi connectivity index (χ0n) is 7.88. The summed E-state index contributed by atoms with van der Waals surface area (Å²) in [6.45, 7) is 2.61. The molecule has 1 heterocycles. The molecule has 0 radical (unpaired) electrons. The molecule has 0 unspecified atom stereocenters. The third-order valence-electron chi connectivity index (χ3n) is 2.10. The number of aryl methyl sites for hydroxylation is 1. The Labute approximate surface area is 91.7 Å². The highest BCUT2D eigenvalue weighted by Gasteiger charge is 2.08. The van der Waals surface area contributed by atoms with Crippen molar-refractivity contribution in [2.24, 2.45) is 5.73 Å². The van der Waals surface area contributed by atoms with Crippen LogP contribution in [-0.2, 0) is 6.42 Å². The summed E-state index contributed by atoms with van der Waals surface area (Å²) in [5, 5.41) is 1.81. The molecule has 0 saturated carbocycles. The molecule has 0 aliphatic carbocycles. The van der Waals surface area contributed by atoms with Gasteiger partial charge in [0.2, 0.25) is 0 Å². The second-order valence-electron chi connectivity index (χ2n) is 3.16. The van der Waals surface area contributed by atoms with Crippen molar-refractivity contribution in [2.75, 3.05) is 6.54 Å². The Morgan fingerprint density at radius 2 is 2.29 bits per heavy atom. The number of benzene rings is 1. The maximum Gasteiger partial charge on any atom is 0.100 e. The van der Waals surface area contributed by atoms with Gasteiger partial charge in [0.25, 0.3) is 0 Å². The van der Waals surface area contributed by atoms with Crippen LogP contribution in [0.5, 0.6) is 0 Å². The first-order valence-corrected chi connectivity index (χ1v) is 5.66. The number of nitrogens with zero attached hydrogens (tertiary/aromatic N) is 1. The molecule has 14 heavy (non-hydrogen) atoms. The first-order chi connectivity index (χ1) is 6.72. The molecule has 4 heteroatoms.